The summed E-state index contributed by atoms with van der Waals surface area (Å²) in [6.07, 6.45) is -0.248. The lowest BCUT2D eigenvalue weighted by Gasteiger charge is -2.39. The van der Waals surface area contributed by atoms with Gasteiger partial charge in [-0.15, -0.1) is 0 Å². The van der Waals surface area contributed by atoms with Gasteiger partial charge in [-0.3, -0.25) is 9.69 Å². The number of anilines is 1. The molecule has 0 spiro atoms. The van der Waals surface area contributed by atoms with Crippen molar-refractivity contribution in [1.29, 1.82) is 0 Å². The molecule has 1 amide bonds. The van der Waals surface area contributed by atoms with Crippen molar-refractivity contribution in [1.82, 2.24) is 9.62 Å². The summed E-state index contributed by atoms with van der Waals surface area (Å²) >= 11 is 0. The van der Waals surface area contributed by atoms with Gasteiger partial charge in [-0.1, -0.05) is 115 Å². The number of aryl methyl sites for hydroxylation is 1. The summed E-state index contributed by atoms with van der Waals surface area (Å²) in [6.45, 7) is 4.71. The highest BCUT2D eigenvalue weighted by Crippen LogP contribution is 2.39. The van der Waals surface area contributed by atoms with Gasteiger partial charge in [0, 0.05) is 30.3 Å². The van der Waals surface area contributed by atoms with Crippen LogP contribution in [0, 0.1) is 6.92 Å². The maximum Gasteiger partial charge on any atom is 0.242 e. The number of carbonyl (C=O) groups is 1. The third-order valence-corrected chi connectivity index (χ3v) is 11.2. The highest BCUT2D eigenvalue weighted by Gasteiger charge is 2.34. The van der Waals surface area contributed by atoms with Gasteiger partial charge >= 0.3 is 0 Å². The number of rotatable bonds is 14. The molecule has 1 aliphatic heterocycles. The zero-order valence-corrected chi connectivity index (χ0v) is 31.1. The first-order chi connectivity index (χ1) is 25.6. The summed E-state index contributed by atoms with van der Waals surface area (Å²) in [5.41, 5.74) is 6.09. The van der Waals surface area contributed by atoms with Crippen LogP contribution in [0.4, 0.5) is 5.69 Å². The Morgan fingerprint density at radius 2 is 1.43 bits per heavy atom. The number of carbonyl (C=O) groups excluding carboxylic acids is 1. The SMILES string of the molecule is Cc1ccc(S(=O)(=O)NC(Cc2ccccc2)C(=O)Nc2ccc(C3OC(CN(C)C(C)c4ccccc4)CC(c4ccc(CO)cc4)O3)cc2)cc1. The van der Waals surface area contributed by atoms with Gasteiger partial charge in [0.25, 0.3) is 0 Å². The van der Waals surface area contributed by atoms with E-state index in [0.717, 1.165) is 27.8 Å². The molecule has 0 radical (unpaired) electrons. The second kappa shape index (κ2) is 17.4. The number of nitrogens with zero attached hydrogens (tertiary/aromatic N) is 1. The normalized spacial score (nSPS) is 18.7. The number of sulfonamides is 1. The predicted octanol–water partition coefficient (Wildman–Crippen LogP) is 7.25. The number of likely N-dealkylation sites (N-methyl/N-ethyl adjacent to an activating group) is 1. The standard InChI is InChI=1S/C43H47N3O6S/c1-30-14-24-39(25-15-30)53(49,50)45-40(26-32-10-6-4-7-11-32)42(48)44-37-22-20-36(21-23-37)43-51-38(28-46(3)31(2)34-12-8-5-9-13-34)27-41(52-43)35-18-16-33(29-47)17-19-35/h4-25,31,38,40-41,43,45,47H,26-29H2,1-3H3,(H,44,48). The number of amides is 1. The first kappa shape index (κ1) is 38.1. The molecular weight excluding hydrogens is 687 g/mol. The second-order valence-electron chi connectivity index (χ2n) is 13.7. The molecule has 1 fully saturated rings. The van der Waals surface area contributed by atoms with Crippen molar-refractivity contribution in [2.45, 2.75) is 68.8 Å². The van der Waals surface area contributed by atoms with Crippen LogP contribution >= 0.6 is 0 Å². The van der Waals surface area contributed by atoms with Crippen molar-refractivity contribution in [2.75, 3.05) is 18.9 Å². The van der Waals surface area contributed by atoms with Crippen LogP contribution in [0.15, 0.2) is 138 Å². The molecule has 10 heteroatoms. The third kappa shape index (κ3) is 10.1. The monoisotopic (exact) mass is 733 g/mol. The fraction of sp³-hybridized carbons (Fsp3) is 0.279. The summed E-state index contributed by atoms with van der Waals surface area (Å²) in [5, 5.41) is 12.5. The molecule has 1 aliphatic rings. The van der Waals surface area contributed by atoms with E-state index in [4.69, 9.17) is 9.47 Å². The van der Waals surface area contributed by atoms with Crippen molar-refractivity contribution >= 4 is 21.6 Å². The van der Waals surface area contributed by atoms with E-state index in [-0.39, 0.29) is 36.2 Å². The van der Waals surface area contributed by atoms with E-state index in [9.17, 15) is 18.3 Å². The fourth-order valence-corrected chi connectivity index (χ4v) is 7.66. The quantitative estimate of drug-likeness (QED) is 0.110. The average Bonchev–Trinajstić information content (AvgIpc) is 3.18. The number of ether oxygens (including phenoxy) is 2. The van der Waals surface area contributed by atoms with Crippen LogP contribution < -0.4 is 10.0 Å². The summed E-state index contributed by atoms with van der Waals surface area (Å²) in [6, 6.07) is 40.3. The van der Waals surface area contributed by atoms with E-state index in [1.807, 2.05) is 91.9 Å². The molecule has 5 aromatic rings. The number of hydrogen-bond acceptors (Lipinski definition) is 7. The molecule has 0 aromatic heterocycles. The number of hydrogen-bond donors (Lipinski definition) is 3. The Labute approximate surface area is 312 Å². The number of nitrogens with one attached hydrogen (secondary N) is 2. The minimum absolute atomic E-state index is 0.0309. The molecule has 3 N–H and O–H groups in total. The average molecular weight is 734 g/mol. The zero-order chi connectivity index (χ0) is 37.4. The lowest BCUT2D eigenvalue weighted by molar-refractivity contribution is -0.253. The highest BCUT2D eigenvalue weighted by molar-refractivity contribution is 7.89. The summed E-state index contributed by atoms with van der Waals surface area (Å²) in [5.74, 6) is -0.482. The number of aliphatic hydroxyl groups is 1. The minimum Gasteiger partial charge on any atom is -0.392 e. The predicted molar refractivity (Wildman–Crippen MR) is 206 cm³/mol. The molecule has 1 saturated heterocycles. The van der Waals surface area contributed by atoms with Crippen LogP contribution in [0.5, 0.6) is 0 Å². The Hall–Kier alpha value is -4.68. The molecule has 5 atom stereocenters. The van der Waals surface area contributed by atoms with Gasteiger partial charge in [-0.2, -0.15) is 4.72 Å². The van der Waals surface area contributed by atoms with E-state index >= 15 is 0 Å². The van der Waals surface area contributed by atoms with Crippen LogP contribution in [0.2, 0.25) is 0 Å². The third-order valence-electron chi connectivity index (χ3n) is 9.73. The fourth-order valence-electron chi connectivity index (χ4n) is 6.46. The minimum atomic E-state index is -3.98. The lowest BCUT2D eigenvalue weighted by atomic mass is 9.99. The number of aliphatic hydroxyl groups excluding tert-OH is 1. The van der Waals surface area contributed by atoms with E-state index in [2.05, 4.69) is 41.0 Å². The molecular formula is C43H47N3O6S. The first-order valence-corrected chi connectivity index (χ1v) is 19.4. The molecule has 276 valence electrons. The Kier molecular flexibility index (Phi) is 12.5. The van der Waals surface area contributed by atoms with Crippen LogP contribution in [0.1, 0.15) is 65.2 Å². The molecule has 9 nitrogen and oxygen atoms in total. The van der Waals surface area contributed by atoms with Crippen molar-refractivity contribution in [3.8, 4) is 0 Å². The van der Waals surface area contributed by atoms with Gasteiger partial charge in [0.1, 0.15) is 6.04 Å². The van der Waals surface area contributed by atoms with Gasteiger partial charge in [-0.25, -0.2) is 8.42 Å². The van der Waals surface area contributed by atoms with Gasteiger partial charge in [0.2, 0.25) is 15.9 Å². The molecule has 0 aliphatic carbocycles. The molecule has 0 bridgehead atoms. The molecule has 53 heavy (non-hydrogen) atoms. The maximum absolute atomic E-state index is 13.7. The van der Waals surface area contributed by atoms with Gasteiger partial charge in [-0.05, 0) is 73.8 Å². The molecule has 6 rings (SSSR count). The van der Waals surface area contributed by atoms with Crippen molar-refractivity contribution in [3.05, 3.63) is 167 Å². The molecule has 1 heterocycles. The number of benzene rings is 5. The maximum atomic E-state index is 13.7. The van der Waals surface area contributed by atoms with Gasteiger partial charge in [0.15, 0.2) is 6.29 Å². The Morgan fingerprint density at radius 3 is 2.08 bits per heavy atom. The summed E-state index contributed by atoms with van der Waals surface area (Å²) < 4.78 is 42.5. The van der Waals surface area contributed by atoms with Crippen molar-refractivity contribution in [2.24, 2.45) is 0 Å². The van der Waals surface area contributed by atoms with Gasteiger partial charge in [0.05, 0.1) is 23.7 Å². The molecule has 5 unspecified atom stereocenters. The smallest absolute Gasteiger partial charge is 0.242 e. The Bertz CT molecular complexity index is 2030. The van der Waals surface area contributed by atoms with Crippen LogP contribution in [-0.2, 0) is 37.3 Å². The summed E-state index contributed by atoms with van der Waals surface area (Å²) in [7, 11) is -1.89. The van der Waals surface area contributed by atoms with Crippen molar-refractivity contribution in [3.63, 3.8) is 0 Å². The van der Waals surface area contributed by atoms with E-state index < -0.39 is 28.3 Å². The van der Waals surface area contributed by atoms with Crippen molar-refractivity contribution < 1.29 is 27.8 Å². The topological polar surface area (TPSA) is 117 Å². The lowest BCUT2D eigenvalue weighted by Crippen LogP contribution is -2.45. The largest absolute Gasteiger partial charge is 0.392 e. The van der Waals surface area contributed by atoms with Gasteiger partial charge < -0.3 is 19.9 Å². The van der Waals surface area contributed by atoms with E-state index in [1.54, 1.807) is 24.3 Å². The Morgan fingerprint density at radius 1 is 0.811 bits per heavy atom. The van der Waals surface area contributed by atoms with Crippen LogP contribution in [0.25, 0.3) is 0 Å². The molecule has 0 saturated carbocycles. The van der Waals surface area contributed by atoms with E-state index in [1.165, 1.54) is 17.7 Å². The molecule has 5 aromatic carbocycles. The second-order valence-corrected chi connectivity index (χ2v) is 15.4. The Balaban J connectivity index is 1.18. The highest BCUT2D eigenvalue weighted by atomic mass is 32.2. The van der Waals surface area contributed by atoms with E-state index in [0.29, 0.717) is 18.7 Å². The zero-order valence-electron chi connectivity index (χ0n) is 30.3. The van der Waals surface area contributed by atoms with Crippen LogP contribution in [0.3, 0.4) is 0 Å². The first-order valence-electron chi connectivity index (χ1n) is 17.9. The van der Waals surface area contributed by atoms with Crippen LogP contribution in [-0.4, -0.2) is 50.1 Å². The summed E-state index contributed by atoms with van der Waals surface area (Å²) in [4.78, 5) is 16.1.